The molecule has 0 aliphatic carbocycles. The first kappa shape index (κ1) is 18.5. The lowest BCUT2D eigenvalue weighted by Gasteiger charge is -2.11. The Morgan fingerprint density at radius 2 is 1.35 bits per heavy atom. The van der Waals surface area contributed by atoms with Gasteiger partial charge in [0.2, 0.25) is 11.8 Å². The van der Waals surface area contributed by atoms with E-state index in [0.29, 0.717) is 25.9 Å². The molecule has 0 unspecified atom stereocenters. The van der Waals surface area contributed by atoms with Crippen LogP contribution >= 0.6 is 11.8 Å². The summed E-state index contributed by atoms with van der Waals surface area (Å²) in [7, 11) is 0. The highest BCUT2D eigenvalue weighted by atomic mass is 32.2. The molecule has 2 aliphatic heterocycles. The van der Waals surface area contributed by atoms with Crippen molar-refractivity contribution in [1.82, 2.24) is 10.6 Å². The molecule has 0 aromatic heterocycles. The maximum Gasteiger partial charge on any atom is 0.220 e. The van der Waals surface area contributed by atoms with Crippen LogP contribution in [0, 0.1) is 0 Å². The molecule has 2 N–H and O–H groups in total. The van der Waals surface area contributed by atoms with E-state index in [0.717, 1.165) is 50.4 Å². The number of nitrogens with one attached hydrogen (secondary N) is 2. The Balaban J connectivity index is 1.39. The van der Waals surface area contributed by atoms with Crippen molar-refractivity contribution in [1.29, 1.82) is 0 Å². The second-order valence-corrected chi connectivity index (χ2v) is 7.22. The molecule has 0 bridgehead atoms. The molecule has 7 heteroatoms. The summed E-state index contributed by atoms with van der Waals surface area (Å²) < 4.78 is 10.9. The van der Waals surface area contributed by atoms with Gasteiger partial charge in [0.15, 0.2) is 0 Å². The van der Waals surface area contributed by atoms with Crippen molar-refractivity contribution in [2.45, 2.75) is 50.7 Å². The summed E-state index contributed by atoms with van der Waals surface area (Å²) >= 11 is 1.64. The summed E-state index contributed by atoms with van der Waals surface area (Å²) in [6.07, 6.45) is 5.63. The van der Waals surface area contributed by atoms with Gasteiger partial charge >= 0.3 is 0 Å². The summed E-state index contributed by atoms with van der Waals surface area (Å²) in [4.78, 5) is 23.3. The molecule has 0 radical (unpaired) electrons. The number of amides is 2. The van der Waals surface area contributed by atoms with Gasteiger partial charge < -0.3 is 20.1 Å². The smallest absolute Gasteiger partial charge is 0.220 e. The normalized spacial score (nSPS) is 23.8. The van der Waals surface area contributed by atoms with Crippen molar-refractivity contribution in [2.24, 2.45) is 0 Å². The third-order valence-corrected chi connectivity index (χ3v) is 5.03. The van der Waals surface area contributed by atoms with E-state index in [4.69, 9.17) is 9.47 Å². The van der Waals surface area contributed by atoms with Gasteiger partial charge in [0.05, 0.1) is 12.2 Å². The third-order valence-electron chi connectivity index (χ3n) is 4.05. The highest BCUT2D eigenvalue weighted by Gasteiger charge is 2.17. The van der Waals surface area contributed by atoms with E-state index in [1.54, 1.807) is 11.8 Å². The molecule has 132 valence electrons. The van der Waals surface area contributed by atoms with Gasteiger partial charge in [0, 0.05) is 50.7 Å². The van der Waals surface area contributed by atoms with Crippen LogP contribution in [0.25, 0.3) is 0 Å². The largest absolute Gasteiger partial charge is 0.376 e. The van der Waals surface area contributed by atoms with Crippen LogP contribution < -0.4 is 10.6 Å². The molecule has 2 heterocycles. The topological polar surface area (TPSA) is 76.7 Å². The molecule has 0 aromatic carbocycles. The van der Waals surface area contributed by atoms with E-state index in [9.17, 15) is 9.59 Å². The SMILES string of the molecule is O=C(CCSCCC(=O)NC[C@@H]1CCCO1)NC[C@@H]1CCCO1. The Hall–Kier alpha value is -0.790. The highest BCUT2D eigenvalue weighted by Crippen LogP contribution is 2.11. The summed E-state index contributed by atoms with van der Waals surface area (Å²) in [6.45, 7) is 2.86. The van der Waals surface area contributed by atoms with Crippen LogP contribution in [0.1, 0.15) is 38.5 Å². The van der Waals surface area contributed by atoms with Crippen molar-refractivity contribution in [3.63, 3.8) is 0 Å². The molecular formula is C16H28N2O4S. The number of ether oxygens (including phenoxy) is 2. The zero-order chi connectivity index (χ0) is 16.3. The molecule has 2 rings (SSSR count). The Kier molecular flexibility index (Phi) is 8.78. The van der Waals surface area contributed by atoms with Crippen LogP contribution in [0.3, 0.4) is 0 Å². The second-order valence-electron chi connectivity index (χ2n) is 5.99. The van der Waals surface area contributed by atoms with E-state index in [1.165, 1.54) is 0 Å². The molecule has 2 aliphatic rings. The zero-order valence-corrected chi connectivity index (χ0v) is 14.5. The van der Waals surface area contributed by atoms with E-state index in [-0.39, 0.29) is 24.0 Å². The van der Waals surface area contributed by atoms with E-state index in [2.05, 4.69) is 10.6 Å². The fourth-order valence-corrected chi connectivity index (χ4v) is 3.54. The maximum absolute atomic E-state index is 11.7. The Morgan fingerprint density at radius 3 is 1.74 bits per heavy atom. The molecule has 2 atom stereocenters. The fraction of sp³-hybridized carbons (Fsp3) is 0.875. The lowest BCUT2D eigenvalue weighted by molar-refractivity contribution is -0.121. The first-order valence-electron chi connectivity index (χ1n) is 8.58. The Bertz CT molecular complexity index is 335. The van der Waals surface area contributed by atoms with Crippen LogP contribution in [0.15, 0.2) is 0 Å². The van der Waals surface area contributed by atoms with Crippen LogP contribution in [0.5, 0.6) is 0 Å². The minimum absolute atomic E-state index is 0.0656. The van der Waals surface area contributed by atoms with Crippen molar-refractivity contribution in [2.75, 3.05) is 37.8 Å². The summed E-state index contributed by atoms with van der Waals surface area (Å²) in [5, 5.41) is 5.81. The molecule has 6 nitrogen and oxygen atoms in total. The van der Waals surface area contributed by atoms with Gasteiger partial charge in [-0.25, -0.2) is 0 Å². The van der Waals surface area contributed by atoms with Crippen molar-refractivity contribution in [3.8, 4) is 0 Å². The molecule has 2 saturated heterocycles. The number of hydrogen-bond acceptors (Lipinski definition) is 5. The van der Waals surface area contributed by atoms with E-state index < -0.39 is 0 Å². The Morgan fingerprint density at radius 1 is 0.870 bits per heavy atom. The van der Waals surface area contributed by atoms with Crippen molar-refractivity contribution >= 4 is 23.6 Å². The van der Waals surface area contributed by atoms with Crippen LogP contribution in [-0.4, -0.2) is 61.8 Å². The number of carbonyl (C=O) groups excluding carboxylic acids is 2. The highest BCUT2D eigenvalue weighted by molar-refractivity contribution is 7.99. The molecule has 0 spiro atoms. The number of rotatable bonds is 10. The second kappa shape index (κ2) is 10.9. The van der Waals surface area contributed by atoms with Crippen LogP contribution in [-0.2, 0) is 19.1 Å². The van der Waals surface area contributed by atoms with Crippen molar-refractivity contribution in [3.05, 3.63) is 0 Å². The first-order chi connectivity index (χ1) is 11.2. The van der Waals surface area contributed by atoms with Gasteiger partial charge in [-0.2, -0.15) is 11.8 Å². The minimum atomic E-state index is 0.0656. The lowest BCUT2D eigenvalue weighted by Crippen LogP contribution is -2.32. The number of hydrogen-bond donors (Lipinski definition) is 2. The average Bonchev–Trinajstić information content (AvgIpc) is 3.24. The van der Waals surface area contributed by atoms with Gasteiger partial charge in [-0.05, 0) is 25.7 Å². The number of thioether (sulfide) groups is 1. The fourth-order valence-electron chi connectivity index (χ4n) is 2.67. The Labute approximate surface area is 142 Å². The van der Waals surface area contributed by atoms with E-state index >= 15 is 0 Å². The van der Waals surface area contributed by atoms with Gasteiger partial charge in [-0.15, -0.1) is 0 Å². The van der Waals surface area contributed by atoms with Crippen LogP contribution in [0.2, 0.25) is 0 Å². The quantitative estimate of drug-likeness (QED) is 0.580. The predicted octanol–water partition coefficient (Wildman–Crippen LogP) is 1.09. The summed E-state index contributed by atoms with van der Waals surface area (Å²) in [6, 6.07) is 0. The minimum Gasteiger partial charge on any atom is -0.376 e. The van der Waals surface area contributed by atoms with Gasteiger partial charge in [0.25, 0.3) is 0 Å². The average molecular weight is 344 g/mol. The molecule has 2 fully saturated rings. The molecule has 0 aromatic rings. The maximum atomic E-state index is 11.7. The molecule has 23 heavy (non-hydrogen) atoms. The third kappa shape index (κ3) is 8.04. The molecule has 2 amide bonds. The summed E-state index contributed by atoms with van der Waals surface area (Å²) in [5.41, 5.74) is 0. The lowest BCUT2D eigenvalue weighted by atomic mass is 10.2. The molecule has 0 saturated carbocycles. The van der Waals surface area contributed by atoms with Gasteiger partial charge in [-0.1, -0.05) is 0 Å². The van der Waals surface area contributed by atoms with Crippen LogP contribution in [0.4, 0.5) is 0 Å². The van der Waals surface area contributed by atoms with E-state index in [1.807, 2.05) is 0 Å². The first-order valence-corrected chi connectivity index (χ1v) is 9.74. The van der Waals surface area contributed by atoms with Gasteiger partial charge in [0.1, 0.15) is 0 Å². The number of carbonyl (C=O) groups is 2. The standard InChI is InChI=1S/C16H28N2O4S/c19-15(17-11-13-3-1-7-21-13)5-9-23-10-6-16(20)18-12-14-4-2-8-22-14/h13-14H,1-12H2,(H,17,19)(H,18,20)/t13-,14-/m0/s1. The van der Waals surface area contributed by atoms with Gasteiger partial charge in [-0.3, -0.25) is 9.59 Å². The predicted molar refractivity (Wildman–Crippen MR) is 90.5 cm³/mol. The summed E-state index contributed by atoms with van der Waals surface area (Å²) in [5.74, 6) is 1.62. The van der Waals surface area contributed by atoms with Crippen molar-refractivity contribution < 1.29 is 19.1 Å². The monoisotopic (exact) mass is 344 g/mol. The zero-order valence-electron chi connectivity index (χ0n) is 13.7. The molecular weight excluding hydrogens is 316 g/mol.